The van der Waals surface area contributed by atoms with Crippen molar-refractivity contribution in [2.75, 3.05) is 25.6 Å². The van der Waals surface area contributed by atoms with E-state index in [-0.39, 0.29) is 12.2 Å². The highest BCUT2D eigenvalue weighted by atomic mass is 32.1. The van der Waals surface area contributed by atoms with Gasteiger partial charge >= 0.3 is 0 Å². The Morgan fingerprint density at radius 3 is 2.72 bits per heavy atom. The van der Waals surface area contributed by atoms with E-state index in [1.54, 1.807) is 17.9 Å². The van der Waals surface area contributed by atoms with Crippen LogP contribution in [-0.2, 0) is 0 Å². The molecular weight excluding hydrogens is 386 g/mol. The smallest absolute Gasteiger partial charge is 0.273 e. The fraction of sp³-hybridized carbons (Fsp3) is 0.273. The first-order valence-electron chi connectivity index (χ1n) is 9.65. The number of aliphatic hydroxyl groups excluding tert-OH is 1. The molecule has 0 atom stereocenters. The Morgan fingerprint density at radius 1 is 1.14 bits per heavy atom. The van der Waals surface area contributed by atoms with Crippen molar-refractivity contribution >= 4 is 37.3 Å². The number of unbranched alkanes of at least 4 members (excludes halogenated alkanes) is 2. The van der Waals surface area contributed by atoms with Gasteiger partial charge in [-0.25, -0.2) is 4.98 Å². The maximum atomic E-state index is 13.2. The summed E-state index contributed by atoms with van der Waals surface area (Å²) in [5.74, 6) is 0.753. The van der Waals surface area contributed by atoms with Crippen molar-refractivity contribution in [3.63, 3.8) is 0 Å². The number of fused-ring (bicyclic) bond motifs is 3. The van der Waals surface area contributed by atoms with Gasteiger partial charge in [0, 0.05) is 47.7 Å². The van der Waals surface area contributed by atoms with Crippen molar-refractivity contribution < 1.29 is 9.84 Å². The summed E-state index contributed by atoms with van der Waals surface area (Å²) in [6.07, 6.45) is 6.37. The van der Waals surface area contributed by atoms with E-state index in [1.807, 2.05) is 42.6 Å². The zero-order valence-corrected chi connectivity index (χ0v) is 17.0. The third kappa shape index (κ3) is 3.83. The van der Waals surface area contributed by atoms with Crippen molar-refractivity contribution in [3.8, 4) is 11.4 Å². The molecule has 3 aromatic heterocycles. The van der Waals surface area contributed by atoms with Gasteiger partial charge in [0.25, 0.3) is 5.56 Å². The van der Waals surface area contributed by atoms with Crippen molar-refractivity contribution in [2.24, 2.45) is 0 Å². The lowest BCUT2D eigenvalue weighted by Crippen LogP contribution is -2.16. The lowest BCUT2D eigenvalue weighted by Gasteiger charge is -2.09. The molecular formula is C22H23N3O3S. The van der Waals surface area contributed by atoms with Crippen molar-refractivity contribution in [1.82, 2.24) is 9.55 Å². The summed E-state index contributed by atoms with van der Waals surface area (Å²) >= 11 is 1.42. The molecule has 29 heavy (non-hydrogen) atoms. The van der Waals surface area contributed by atoms with Gasteiger partial charge < -0.3 is 15.2 Å². The molecule has 0 unspecified atom stereocenters. The standard InChI is InChI=1S/C22H23N3O3S/c1-28-16-7-5-15(6-8-16)25-13-10-17-19-18(23-11-3-2-4-14-26)9-12-24-21(19)29-20(17)22(25)27/h5-10,12-13,26H,2-4,11,14H2,1H3,(H,23,24). The summed E-state index contributed by atoms with van der Waals surface area (Å²) in [5, 5.41) is 14.3. The first kappa shape index (κ1) is 19.4. The molecule has 0 saturated carbocycles. The molecule has 4 aromatic rings. The molecule has 0 spiro atoms. The Balaban J connectivity index is 1.72. The van der Waals surface area contributed by atoms with Crippen LogP contribution in [0, 0.1) is 0 Å². The van der Waals surface area contributed by atoms with Crippen LogP contribution >= 0.6 is 11.3 Å². The number of hydrogen-bond donors (Lipinski definition) is 2. The monoisotopic (exact) mass is 409 g/mol. The molecule has 2 N–H and O–H groups in total. The predicted octanol–water partition coefficient (Wildman–Crippen LogP) is 4.18. The molecule has 0 saturated heterocycles. The minimum absolute atomic E-state index is 0.0513. The molecule has 0 amide bonds. The molecule has 1 aromatic carbocycles. The van der Waals surface area contributed by atoms with Gasteiger partial charge in [-0.2, -0.15) is 0 Å². The van der Waals surface area contributed by atoms with E-state index in [0.29, 0.717) is 4.70 Å². The van der Waals surface area contributed by atoms with Crippen LogP contribution in [0.2, 0.25) is 0 Å². The summed E-state index contributed by atoms with van der Waals surface area (Å²) in [7, 11) is 1.62. The van der Waals surface area contributed by atoms with E-state index in [9.17, 15) is 4.79 Å². The predicted molar refractivity (Wildman–Crippen MR) is 119 cm³/mol. The highest BCUT2D eigenvalue weighted by Gasteiger charge is 2.14. The Bertz CT molecular complexity index is 1180. The molecule has 0 aliphatic carbocycles. The first-order chi connectivity index (χ1) is 14.2. The Morgan fingerprint density at radius 2 is 1.97 bits per heavy atom. The van der Waals surface area contributed by atoms with Crippen LogP contribution in [0.4, 0.5) is 5.69 Å². The summed E-state index contributed by atoms with van der Waals surface area (Å²) in [5.41, 5.74) is 1.74. The second-order valence-electron chi connectivity index (χ2n) is 6.78. The van der Waals surface area contributed by atoms with E-state index in [2.05, 4.69) is 10.3 Å². The van der Waals surface area contributed by atoms with Crippen LogP contribution in [-0.4, -0.2) is 34.9 Å². The van der Waals surface area contributed by atoms with Gasteiger partial charge in [0.15, 0.2) is 0 Å². The first-order valence-corrected chi connectivity index (χ1v) is 10.5. The number of nitrogens with one attached hydrogen (secondary N) is 1. The number of aliphatic hydroxyl groups is 1. The number of rotatable bonds is 8. The van der Waals surface area contributed by atoms with E-state index in [1.165, 1.54) is 11.3 Å². The molecule has 0 radical (unpaired) electrons. The number of aromatic nitrogens is 2. The lowest BCUT2D eigenvalue weighted by atomic mass is 10.2. The Labute approximate surface area is 172 Å². The number of nitrogens with zero attached hydrogens (tertiary/aromatic N) is 2. The molecule has 0 fully saturated rings. The second-order valence-corrected chi connectivity index (χ2v) is 7.78. The largest absolute Gasteiger partial charge is 0.497 e. The zero-order chi connectivity index (χ0) is 20.2. The topological polar surface area (TPSA) is 76.4 Å². The number of pyridine rings is 2. The molecule has 4 rings (SSSR count). The molecule has 6 nitrogen and oxygen atoms in total. The third-order valence-corrected chi connectivity index (χ3v) is 6.03. The normalized spacial score (nSPS) is 11.2. The number of hydrogen-bond acceptors (Lipinski definition) is 6. The van der Waals surface area contributed by atoms with Crippen LogP contribution < -0.4 is 15.6 Å². The fourth-order valence-corrected chi connectivity index (χ4v) is 4.51. The van der Waals surface area contributed by atoms with E-state index in [4.69, 9.17) is 9.84 Å². The van der Waals surface area contributed by atoms with Gasteiger partial charge in [-0.05, 0) is 55.7 Å². The van der Waals surface area contributed by atoms with Crippen LogP contribution in [0.5, 0.6) is 5.75 Å². The Kier molecular flexibility index (Phi) is 5.78. The van der Waals surface area contributed by atoms with E-state index in [0.717, 1.165) is 58.5 Å². The summed E-state index contributed by atoms with van der Waals surface area (Å²) < 4.78 is 7.55. The highest BCUT2D eigenvalue weighted by molar-refractivity contribution is 7.25. The number of ether oxygens (including phenoxy) is 1. The van der Waals surface area contributed by atoms with E-state index >= 15 is 0 Å². The minimum Gasteiger partial charge on any atom is -0.497 e. The maximum absolute atomic E-state index is 13.2. The van der Waals surface area contributed by atoms with Crippen molar-refractivity contribution in [1.29, 1.82) is 0 Å². The average molecular weight is 410 g/mol. The number of benzene rings is 1. The quantitative estimate of drug-likeness (QED) is 0.427. The Hall–Kier alpha value is -2.90. The maximum Gasteiger partial charge on any atom is 0.273 e. The van der Waals surface area contributed by atoms with E-state index < -0.39 is 0 Å². The van der Waals surface area contributed by atoms with Crippen LogP contribution in [0.15, 0.2) is 53.6 Å². The number of anilines is 1. The highest BCUT2D eigenvalue weighted by Crippen LogP contribution is 2.35. The van der Waals surface area contributed by atoms with Crippen LogP contribution in [0.25, 0.3) is 26.0 Å². The molecule has 3 heterocycles. The molecule has 150 valence electrons. The summed E-state index contributed by atoms with van der Waals surface area (Å²) in [6.45, 7) is 1.05. The lowest BCUT2D eigenvalue weighted by molar-refractivity contribution is 0.283. The SMILES string of the molecule is COc1ccc(-n2ccc3c(sc4nccc(NCCCCCO)c43)c2=O)cc1. The van der Waals surface area contributed by atoms with Crippen molar-refractivity contribution in [3.05, 3.63) is 59.1 Å². The van der Waals surface area contributed by atoms with Gasteiger partial charge in [-0.15, -0.1) is 11.3 Å². The minimum atomic E-state index is -0.0513. The summed E-state index contributed by atoms with van der Waals surface area (Å²) in [4.78, 5) is 18.5. The molecule has 0 aliphatic rings. The van der Waals surface area contributed by atoms with Crippen LogP contribution in [0.3, 0.4) is 0 Å². The molecule has 0 bridgehead atoms. The fourth-order valence-electron chi connectivity index (χ4n) is 3.42. The van der Waals surface area contributed by atoms with Crippen LogP contribution in [0.1, 0.15) is 19.3 Å². The average Bonchev–Trinajstić information content (AvgIpc) is 3.14. The van der Waals surface area contributed by atoms with Gasteiger partial charge in [0.05, 0.1) is 7.11 Å². The van der Waals surface area contributed by atoms with Crippen molar-refractivity contribution in [2.45, 2.75) is 19.3 Å². The zero-order valence-electron chi connectivity index (χ0n) is 16.2. The summed E-state index contributed by atoms with van der Waals surface area (Å²) in [6, 6.07) is 11.4. The number of thiophene rings is 1. The van der Waals surface area contributed by atoms with Gasteiger partial charge in [-0.1, -0.05) is 0 Å². The van der Waals surface area contributed by atoms with Gasteiger partial charge in [0.1, 0.15) is 15.3 Å². The number of methoxy groups -OCH3 is 1. The van der Waals surface area contributed by atoms with Gasteiger partial charge in [-0.3, -0.25) is 9.36 Å². The molecule has 7 heteroatoms. The van der Waals surface area contributed by atoms with Gasteiger partial charge in [0.2, 0.25) is 0 Å². The third-order valence-electron chi connectivity index (χ3n) is 4.93. The second kappa shape index (κ2) is 8.63. The molecule has 0 aliphatic heterocycles.